The minimum absolute atomic E-state index is 0.0226. The fraction of sp³-hybridized carbons (Fsp3) is 0.111. The van der Waals surface area contributed by atoms with Crippen molar-refractivity contribution in [2.24, 2.45) is 5.10 Å². The molecule has 0 aliphatic carbocycles. The number of nitrogen functional groups attached to an aromatic ring is 1. The summed E-state index contributed by atoms with van der Waals surface area (Å²) < 4.78 is 0. The second-order valence-corrected chi connectivity index (χ2v) is 2.80. The summed E-state index contributed by atoms with van der Waals surface area (Å²) in [5, 5.41) is 5.29. The fourth-order valence-corrected chi connectivity index (χ4v) is 1.22. The highest BCUT2D eigenvalue weighted by Crippen LogP contribution is 2.20. The van der Waals surface area contributed by atoms with E-state index in [2.05, 4.69) is 5.10 Å². The zero-order valence-corrected chi connectivity index (χ0v) is 6.97. The minimum Gasteiger partial charge on any atom is -0.399 e. The van der Waals surface area contributed by atoms with Crippen molar-refractivity contribution in [3.8, 4) is 0 Å². The van der Waals surface area contributed by atoms with Gasteiger partial charge in [-0.2, -0.15) is 5.10 Å². The first-order chi connectivity index (χ1) is 6.27. The number of nitrogens with zero attached hydrogens (tertiary/aromatic N) is 2. The van der Waals surface area contributed by atoms with Crippen molar-refractivity contribution < 1.29 is 4.79 Å². The lowest BCUT2D eigenvalue weighted by molar-refractivity contribution is -0.116. The fourth-order valence-electron chi connectivity index (χ4n) is 1.22. The summed E-state index contributed by atoms with van der Waals surface area (Å²) in [5.41, 5.74) is 6.93. The van der Waals surface area contributed by atoms with Crippen LogP contribution in [0.25, 0.3) is 0 Å². The third-order valence-electron chi connectivity index (χ3n) is 1.81. The quantitative estimate of drug-likeness (QED) is 0.647. The van der Waals surface area contributed by atoms with Gasteiger partial charge in [-0.3, -0.25) is 4.79 Å². The summed E-state index contributed by atoms with van der Waals surface area (Å²) in [6.07, 6.45) is 1.96. The smallest absolute Gasteiger partial charge is 0.252 e. The summed E-state index contributed by atoms with van der Waals surface area (Å²) in [4.78, 5) is 11.2. The molecule has 0 fully saturated rings. The predicted octanol–water partition coefficient (Wildman–Crippen LogP) is 0.991. The number of amides is 1. The molecule has 0 atom stereocenters. The Hall–Kier alpha value is -1.84. The highest BCUT2D eigenvalue weighted by Gasteiger charge is 2.18. The van der Waals surface area contributed by atoms with E-state index >= 15 is 0 Å². The molecule has 2 rings (SSSR count). The normalized spacial score (nSPS) is 15.4. The van der Waals surface area contributed by atoms with E-state index in [0.717, 1.165) is 5.69 Å². The molecule has 66 valence electrons. The number of carbonyl (C=O) groups excluding carboxylic acids is 1. The number of hydrogen-bond acceptors (Lipinski definition) is 3. The summed E-state index contributed by atoms with van der Waals surface area (Å²) in [6.45, 7) is 0. The lowest BCUT2D eigenvalue weighted by Crippen LogP contribution is -2.19. The number of hydrazone groups is 1. The van der Waals surface area contributed by atoms with E-state index in [1.54, 1.807) is 30.5 Å². The number of hydrogen-bond donors (Lipinski definition) is 1. The van der Waals surface area contributed by atoms with Crippen molar-refractivity contribution in [3.63, 3.8) is 0 Å². The molecule has 0 radical (unpaired) electrons. The van der Waals surface area contributed by atoms with Crippen LogP contribution >= 0.6 is 0 Å². The van der Waals surface area contributed by atoms with Crippen molar-refractivity contribution in [2.45, 2.75) is 6.42 Å². The van der Waals surface area contributed by atoms with E-state index in [1.807, 2.05) is 0 Å². The topological polar surface area (TPSA) is 58.7 Å². The molecule has 1 aliphatic heterocycles. The van der Waals surface area contributed by atoms with Gasteiger partial charge in [0, 0.05) is 11.9 Å². The van der Waals surface area contributed by atoms with Gasteiger partial charge < -0.3 is 5.73 Å². The van der Waals surface area contributed by atoms with Crippen LogP contribution in [-0.2, 0) is 4.79 Å². The zero-order valence-electron chi connectivity index (χ0n) is 6.97. The Labute approximate surface area is 75.6 Å². The van der Waals surface area contributed by atoms with Crippen LogP contribution in [0.1, 0.15) is 6.42 Å². The molecule has 4 heteroatoms. The van der Waals surface area contributed by atoms with Crippen LogP contribution in [0.3, 0.4) is 0 Å². The number of carbonyl (C=O) groups is 1. The zero-order chi connectivity index (χ0) is 9.26. The average Bonchev–Trinajstić information content (AvgIpc) is 2.51. The van der Waals surface area contributed by atoms with Gasteiger partial charge in [0.2, 0.25) is 0 Å². The molecule has 0 unspecified atom stereocenters. The number of rotatable bonds is 1. The maximum Gasteiger partial charge on any atom is 0.252 e. The molecule has 1 amide bonds. The van der Waals surface area contributed by atoms with Crippen molar-refractivity contribution >= 4 is 23.5 Å². The molecule has 13 heavy (non-hydrogen) atoms. The van der Waals surface area contributed by atoms with Gasteiger partial charge in [-0.1, -0.05) is 6.07 Å². The molecule has 1 heterocycles. The first-order valence-electron chi connectivity index (χ1n) is 3.98. The van der Waals surface area contributed by atoms with E-state index in [-0.39, 0.29) is 5.91 Å². The van der Waals surface area contributed by atoms with E-state index in [0.29, 0.717) is 12.1 Å². The average molecular weight is 175 g/mol. The van der Waals surface area contributed by atoms with Crippen LogP contribution < -0.4 is 10.7 Å². The van der Waals surface area contributed by atoms with Crippen LogP contribution in [0, 0.1) is 0 Å². The lowest BCUT2D eigenvalue weighted by atomic mass is 10.3. The van der Waals surface area contributed by atoms with Gasteiger partial charge in [0.1, 0.15) is 0 Å². The monoisotopic (exact) mass is 175 g/mol. The molecule has 1 aromatic carbocycles. The Morgan fingerprint density at radius 2 is 2.31 bits per heavy atom. The largest absolute Gasteiger partial charge is 0.399 e. The number of nitrogens with two attached hydrogens (primary N) is 1. The van der Waals surface area contributed by atoms with Gasteiger partial charge >= 0.3 is 0 Å². The third kappa shape index (κ3) is 1.38. The van der Waals surface area contributed by atoms with Gasteiger partial charge in [-0.25, -0.2) is 5.01 Å². The number of anilines is 2. The summed E-state index contributed by atoms with van der Waals surface area (Å²) in [7, 11) is 0. The van der Waals surface area contributed by atoms with E-state index in [9.17, 15) is 4.79 Å². The van der Waals surface area contributed by atoms with Crippen molar-refractivity contribution in [1.82, 2.24) is 0 Å². The highest BCUT2D eigenvalue weighted by atomic mass is 16.2. The summed E-state index contributed by atoms with van der Waals surface area (Å²) >= 11 is 0. The predicted molar refractivity (Wildman–Crippen MR) is 51.4 cm³/mol. The lowest BCUT2D eigenvalue weighted by Gasteiger charge is -2.11. The molecule has 0 saturated heterocycles. The van der Waals surface area contributed by atoms with Gasteiger partial charge in [0.15, 0.2) is 0 Å². The Morgan fingerprint density at radius 3 is 2.92 bits per heavy atom. The van der Waals surface area contributed by atoms with E-state index < -0.39 is 0 Å². The molecule has 0 spiro atoms. The molecular formula is C9H9N3O. The molecule has 2 N–H and O–H groups in total. The van der Waals surface area contributed by atoms with Gasteiger partial charge in [-0.05, 0) is 18.2 Å². The SMILES string of the molecule is Nc1cccc(N2N=CCC2=O)c1. The standard InChI is InChI=1S/C9H9N3O/c10-7-2-1-3-8(6-7)12-9(13)4-5-11-12/h1-3,5-6H,4,10H2. The van der Waals surface area contributed by atoms with Crippen molar-refractivity contribution in [3.05, 3.63) is 24.3 Å². The molecular weight excluding hydrogens is 166 g/mol. The summed E-state index contributed by atoms with van der Waals surface area (Å²) in [6, 6.07) is 7.09. The van der Waals surface area contributed by atoms with E-state index in [1.165, 1.54) is 5.01 Å². The number of benzene rings is 1. The van der Waals surface area contributed by atoms with Crippen molar-refractivity contribution in [1.29, 1.82) is 0 Å². The molecule has 0 bridgehead atoms. The molecule has 1 aliphatic rings. The Balaban J connectivity index is 2.35. The van der Waals surface area contributed by atoms with Crippen LogP contribution in [0.2, 0.25) is 0 Å². The first kappa shape index (κ1) is 7.79. The summed E-state index contributed by atoms with van der Waals surface area (Å²) in [5.74, 6) is -0.0226. The Kier molecular flexibility index (Phi) is 1.73. The third-order valence-corrected chi connectivity index (χ3v) is 1.81. The van der Waals surface area contributed by atoms with Crippen LogP contribution in [0.15, 0.2) is 29.4 Å². The molecule has 0 saturated carbocycles. The molecule has 1 aromatic rings. The van der Waals surface area contributed by atoms with Crippen LogP contribution in [-0.4, -0.2) is 12.1 Å². The molecule has 4 nitrogen and oxygen atoms in total. The molecule has 0 aromatic heterocycles. The minimum atomic E-state index is -0.0226. The maximum absolute atomic E-state index is 11.2. The van der Waals surface area contributed by atoms with Crippen molar-refractivity contribution in [2.75, 3.05) is 10.7 Å². The Morgan fingerprint density at radius 1 is 1.46 bits per heavy atom. The van der Waals surface area contributed by atoms with Crippen LogP contribution in [0.5, 0.6) is 0 Å². The van der Waals surface area contributed by atoms with Gasteiger partial charge in [0.05, 0.1) is 12.1 Å². The second-order valence-electron chi connectivity index (χ2n) is 2.80. The van der Waals surface area contributed by atoms with Gasteiger partial charge in [0.25, 0.3) is 5.91 Å². The van der Waals surface area contributed by atoms with E-state index in [4.69, 9.17) is 5.73 Å². The highest BCUT2D eigenvalue weighted by molar-refractivity contribution is 6.05. The Bertz CT molecular complexity index is 373. The first-order valence-corrected chi connectivity index (χ1v) is 3.98. The second kappa shape index (κ2) is 2.90. The maximum atomic E-state index is 11.2. The van der Waals surface area contributed by atoms with Crippen LogP contribution in [0.4, 0.5) is 11.4 Å². The van der Waals surface area contributed by atoms with Gasteiger partial charge in [-0.15, -0.1) is 0 Å².